The Hall–Kier alpha value is -6.38. The third-order valence-electron chi connectivity index (χ3n) is 12.1. The summed E-state index contributed by atoms with van der Waals surface area (Å²) in [5.74, 6) is 0.501. The van der Waals surface area contributed by atoms with Gasteiger partial charge in [-0.25, -0.2) is 18.4 Å². The van der Waals surface area contributed by atoms with Crippen LogP contribution >= 0.6 is 0 Å². The van der Waals surface area contributed by atoms with Gasteiger partial charge in [0.05, 0.1) is 25.6 Å². The molecule has 15 heteroatoms. The molecule has 0 bridgehead atoms. The number of aryl methyl sites for hydroxylation is 2. The lowest BCUT2D eigenvalue weighted by Crippen LogP contribution is -2.41. The number of nitrogen functional groups attached to an aromatic ring is 1. The number of piperidine rings is 2. The number of likely N-dealkylation sites (tertiary alicyclic amines) is 2. The zero-order chi connectivity index (χ0) is 52.1. The van der Waals surface area contributed by atoms with Crippen LogP contribution in [0.15, 0.2) is 84.9 Å². The van der Waals surface area contributed by atoms with E-state index in [-0.39, 0.29) is 47.6 Å². The van der Waals surface area contributed by atoms with Gasteiger partial charge in [0.25, 0.3) is 0 Å². The zero-order valence-electron chi connectivity index (χ0n) is 43.0. The highest BCUT2D eigenvalue weighted by Gasteiger charge is 2.29. The number of methoxy groups -OCH3 is 2. The van der Waals surface area contributed by atoms with Crippen molar-refractivity contribution in [3.05, 3.63) is 119 Å². The number of amides is 3. The summed E-state index contributed by atoms with van der Waals surface area (Å²) in [6.45, 7) is 13.6. The maximum atomic E-state index is 14.4. The van der Waals surface area contributed by atoms with Gasteiger partial charge >= 0.3 is 18.2 Å². The molecule has 4 aromatic rings. The number of carbonyl (C=O) groups excluding carboxylic acids is 3. The van der Waals surface area contributed by atoms with Crippen LogP contribution in [0.1, 0.15) is 140 Å². The molecule has 0 spiro atoms. The van der Waals surface area contributed by atoms with Crippen molar-refractivity contribution in [2.75, 3.05) is 51.4 Å². The van der Waals surface area contributed by atoms with Crippen LogP contribution in [0.2, 0.25) is 0 Å². The third kappa shape index (κ3) is 20.1. The molecule has 13 nitrogen and oxygen atoms in total. The third-order valence-corrected chi connectivity index (χ3v) is 12.1. The fourth-order valence-electron chi connectivity index (χ4n) is 8.38. The largest absolute Gasteiger partial charge is 0.496 e. The number of nitrogens with zero attached hydrogens (tertiary/aromatic N) is 2. The van der Waals surface area contributed by atoms with Gasteiger partial charge in [0.2, 0.25) is 5.91 Å². The van der Waals surface area contributed by atoms with E-state index in [9.17, 15) is 28.0 Å². The molecule has 2 aliphatic heterocycles. The van der Waals surface area contributed by atoms with Gasteiger partial charge in [-0.05, 0) is 176 Å². The molecule has 2 fully saturated rings. The lowest BCUT2D eigenvalue weighted by molar-refractivity contribution is -0.137. The Balaban J connectivity index is 0.000000257. The van der Waals surface area contributed by atoms with Gasteiger partial charge < -0.3 is 44.9 Å². The SMILES string of the molecule is CC(C)(C)OC(=O)N1CCC(c2ccc(F)c(N)c2)CC1.COc1ccccc1CCCCC(=O)Nc1cc(C2CCN(C(=O)OC(C)(C)C)CC2)ccc1F.COc1ccccc1CCCCC(=O)O. The van der Waals surface area contributed by atoms with E-state index in [1.807, 2.05) is 90.1 Å². The van der Waals surface area contributed by atoms with Crippen LogP contribution in [-0.2, 0) is 31.9 Å². The summed E-state index contributed by atoms with van der Waals surface area (Å²) >= 11 is 0. The van der Waals surface area contributed by atoms with Crippen LogP contribution in [-0.4, -0.2) is 90.6 Å². The van der Waals surface area contributed by atoms with Crippen molar-refractivity contribution in [2.45, 2.75) is 142 Å². The number of aliphatic carboxylic acids is 1. The fourth-order valence-corrected chi connectivity index (χ4v) is 8.38. The summed E-state index contributed by atoms with van der Waals surface area (Å²) in [6, 6.07) is 25.5. The second kappa shape index (κ2) is 27.9. The Labute approximate surface area is 419 Å². The topological polar surface area (TPSA) is 170 Å². The Kier molecular flexibility index (Phi) is 22.4. The molecule has 2 aliphatic rings. The predicted molar refractivity (Wildman–Crippen MR) is 274 cm³/mol. The minimum atomic E-state index is -0.727. The Morgan fingerprint density at radius 1 is 0.620 bits per heavy atom. The van der Waals surface area contributed by atoms with Crippen LogP contribution in [0, 0.1) is 11.6 Å². The molecule has 0 aliphatic carbocycles. The molecule has 4 aromatic carbocycles. The lowest BCUT2D eigenvalue weighted by Gasteiger charge is -2.33. The summed E-state index contributed by atoms with van der Waals surface area (Å²) in [6.07, 6.45) is 8.05. The van der Waals surface area contributed by atoms with Gasteiger partial charge in [0.1, 0.15) is 34.3 Å². The number of nitrogens with two attached hydrogens (primary N) is 1. The average Bonchev–Trinajstić information content (AvgIpc) is 3.33. The molecule has 71 heavy (non-hydrogen) atoms. The minimum absolute atomic E-state index is 0.182. The monoisotopic (exact) mass is 987 g/mol. The number of carboxylic acid groups (broad SMARTS) is 1. The van der Waals surface area contributed by atoms with E-state index < -0.39 is 23.0 Å². The van der Waals surface area contributed by atoms with Crippen molar-refractivity contribution in [3.8, 4) is 11.5 Å². The maximum Gasteiger partial charge on any atom is 0.410 e. The normalized spacial score (nSPS) is 14.2. The Morgan fingerprint density at radius 2 is 1.04 bits per heavy atom. The molecule has 4 N–H and O–H groups in total. The Bertz CT molecular complexity index is 2330. The van der Waals surface area contributed by atoms with E-state index in [1.54, 1.807) is 48.3 Å². The highest BCUT2D eigenvalue weighted by atomic mass is 19.1. The van der Waals surface area contributed by atoms with Gasteiger partial charge in [-0.2, -0.15) is 0 Å². The average molecular weight is 987 g/mol. The van der Waals surface area contributed by atoms with Crippen LogP contribution in [0.25, 0.3) is 0 Å². The summed E-state index contributed by atoms with van der Waals surface area (Å²) in [4.78, 5) is 50.5. The number of unbranched alkanes of at least 4 members (excludes halogenated alkanes) is 2. The van der Waals surface area contributed by atoms with E-state index in [1.165, 1.54) is 12.1 Å². The second-order valence-corrected chi connectivity index (χ2v) is 20.0. The van der Waals surface area contributed by atoms with E-state index in [0.717, 1.165) is 85.1 Å². The first-order chi connectivity index (χ1) is 33.7. The highest BCUT2D eigenvalue weighted by Crippen LogP contribution is 2.33. The molecular weight excluding hydrogens is 911 g/mol. The summed E-state index contributed by atoms with van der Waals surface area (Å²) in [5.41, 5.74) is 9.29. The van der Waals surface area contributed by atoms with Crippen molar-refractivity contribution in [3.63, 3.8) is 0 Å². The lowest BCUT2D eigenvalue weighted by atomic mass is 9.89. The Morgan fingerprint density at radius 3 is 1.46 bits per heavy atom. The van der Waals surface area contributed by atoms with Crippen molar-refractivity contribution in [1.29, 1.82) is 0 Å². The molecule has 388 valence electrons. The maximum absolute atomic E-state index is 14.4. The van der Waals surface area contributed by atoms with E-state index in [0.29, 0.717) is 51.4 Å². The van der Waals surface area contributed by atoms with Gasteiger partial charge in [0.15, 0.2) is 0 Å². The van der Waals surface area contributed by atoms with Gasteiger partial charge in [-0.3, -0.25) is 9.59 Å². The molecule has 0 unspecified atom stereocenters. The second-order valence-electron chi connectivity index (χ2n) is 20.0. The molecule has 2 saturated heterocycles. The van der Waals surface area contributed by atoms with Gasteiger partial charge in [-0.1, -0.05) is 48.5 Å². The molecule has 6 rings (SSSR count). The number of nitrogens with one attached hydrogen (secondary N) is 1. The first kappa shape index (κ1) is 57.2. The number of halogens is 2. The van der Waals surface area contributed by atoms with Crippen molar-refractivity contribution in [1.82, 2.24) is 9.80 Å². The zero-order valence-corrected chi connectivity index (χ0v) is 43.0. The van der Waals surface area contributed by atoms with Crippen LogP contribution in [0.4, 0.5) is 29.7 Å². The van der Waals surface area contributed by atoms with Crippen molar-refractivity contribution in [2.24, 2.45) is 0 Å². The summed E-state index contributed by atoms with van der Waals surface area (Å²) in [5, 5.41) is 11.2. The molecule has 0 radical (unpaired) electrons. The van der Waals surface area contributed by atoms with Crippen LogP contribution in [0.5, 0.6) is 11.5 Å². The van der Waals surface area contributed by atoms with Gasteiger partial charge in [-0.15, -0.1) is 0 Å². The molecule has 0 aromatic heterocycles. The number of carbonyl (C=O) groups is 4. The number of para-hydroxylation sites is 2. The first-order valence-electron chi connectivity index (χ1n) is 24.7. The number of benzene rings is 4. The van der Waals surface area contributed by atoms with Gasteiger partial charge in [0, 0.05) is 39.0 Å². The number of rotatable bonds is 15. The summed E-state index contributed by atoms with van der Waals surface area (Å²) in [7, 11) is 3.30. The molecule has 2 heterocycles. The number of hydrogen-bond donors (Lipinski definition) is 3. The summed E-state index contributed by atoms with van der Waals surface area (Å²) < 4.78 is 49.0. The number of anilines is 2. The number of hydrogen-bond acceptors (Lipinski definition) is 9. The van der Waals surface area contributed by atoms with Crippen LogP contribution in [0.3, 0.4) is 0 Å². The smallest absolute Gasteiger partial charge is 0.410 e. The standard InChI is InChI=1S/C28H37FN2O4.C16H23FN2O2.C12H16O3/c1-28(2,3)35-27(33)31-17-15-20(16-18-31)22-13-14-23(29)24(19-22)30-26(32)12-8-6-10-21-9-5-7-11-25(21)34-4;1-16(2,3)21-15(20)19-8-6-11(7-9-19)12-4-5-13(17)14(18)10-12;1-15-11-8-4-2-6-10(11)7-3-5-9-12(13)14/h5,7,9,11,13-14,19-20H,6,8,10,12,15-18H2,1-4H3,(H,30,32);4-5,10-11H,6-9,18H2,1-3H3;2,4,6,8H,3,5,7,9H2,1H3,(H,13,14). The minimum Gasteiger partial charge on any atom is -0.496 e. The molecular formula is C56H76F2N4O9. The van der Waals surface area contributed by atoms with Crippen LogP contribution < -0.4 is 20.5 Å². The fraction of sp³-hybridized carbons (Fsp3) is 0.500. The van der Waals surface area contributed by atoms with Crippen molar-refractivity contribution >= 4 is 35.4 Å². The first-order valence-corrected chi connectivity index (χ1v) is 24.7. The molecule has 0 atom stereocenters. The predicted octanol–water partition coefficient (Wildman–Crippen LogP) is 12.3. The molecule has 3 amide bonds. The van der Waals surface area contributed by atoms with Crippen molar-refractivity contribution < 1.29 is 52.0 Å². The van der Waals surface area contributed by atoms with E-state index in [4.69, 9.17) is 29.8 Å². The quantitative estimate of drug-likeness (QED) is 0.0769. The highest BCUT2D eigenvalue weighted by molar-refractivity contribution is 5.91. The number of ether oxygens (including phenoxy) is 4. The molecule has 0 saturated carbocycles. The van der Waals surface area contributed by atoms with E-state index in [2.05, 4.69) is 5.32 Å². The number of carboxylic acids is 1. The van der Waals surface area contributed by atoms with E-state index >= 15 is 0 Å².